The second kappa shape index (κ2) is 6.49. The van der Waals surface area contributed by atoms with Crippen LogP contribution in [0.15, 0.2) is 17.5 Å². The molecule has 0 aromatic carbocycles. The van der Waals surface area contributed by atoms with Crippen LogP contribution in [0, 0.1) is 0 Å². The van der Waals surface area contributed by atoms with Crippen LogP contribution in [0.5, 0.6) is 0 Å². The lowest BCUT2D eigenvalue weighted by atomic mass is 10.2. The number of amides is 1. The zero-order valence-electron chi connectivity index (χ0n) is 10.4. The predicted molar refractivity (Wildman–Crippen MR) is 72.3 cm³/mol. The molecule has 1 N–H and O–H groups in total. The molecule has 0 radical (unpaired) electrons. The lowest BCUT2D eigenvalue weighted by molar-refractivity contribution is -0.131. The Labute approximate surface area is 115 Å². The van der Waals surface area contributed by atoms with Gasteiger partial charge in [0.1, 0.15) is 0 Å². The molecule has 0 unspecified atom stereocenters. The van der Waals surface area contributed by atoms with Crippen LogP contribution < -0.4 is 0 Å². The molecule has 1 saturated heterocycles. The summed E-state index contributed by atoms with van der Waals surface area (Å²) in [6.45, 7) is 2.50. The van der Waals surface area contributed by atoms with Gasteiger partial charge in [0.05, 0.1) is 11.5 Å². The Balaban J connectivity index is 2.14. The zero-order valence-corrected chi connectivity index (χ0v) is 11.2. The molecule has 1 fully saturated rings. The van der Waals surface area contributed by atoms with Crippen molar-refractivity contribution in [2.24, 2.45) is 0 Å². The number of aliphatic carboxylic acids is 1. The maximum atomic E-state index is 12.4. The van der Waals surface area contributed by atoms with Crippen LogP contribution in [0.3, 0.4) is 0 Å². The molecule has 1 aliphatic rings. The van der Waals surface area contributed by atoms with E-state index in [1.54, 1.807) is 16.3 Å². The fourth-order valence-corrected chi connectivity index (χ4v) is 2.73. The van der Waals surface area contributed by atoms with Gasteiger partial charge in [-0.1, -0.05) is 0 Å². The molecule has 102 valence electrons. The molecule has 1 aromatic heterocycles. The van der Waals surface area contributed by atoms with Gasteiger partial charge in [-0.3, -0.25) is 4.79 Å². The topological polar surface area (TPSA) is 66.8 Å². The number of thiophene rings is 1. The van der Waals surface area contributed by atoms with Gasteiger partial charge in [0.25, 0.3) is 5.91 Å². The lowest BCUT2D eigenvalue weighted by Gasteiger charge is -2.19. The fraction of sp³-hybridized carbons (Fsp3) is 0.385. The Morgan fingerprint density at radius 1 is 1.37 bits per heavy atom. The third-order valence-electron chi connectivity index (χ3n) is 2.80. The smallest absolute Gasteiger partial charge is 0.328 e. The number of carboxylic acid groups (broad SMARTS) is 1. The minimum absolute atomic E-state index is 0.0504. The number of carboxylic acids is 1. The molecule has 0 saturated carbocycles. The van der Waals surface area contributed by atoms with Crippen molar-refractivity contribution < 1.29 is 19.4 Å². The SMILES string of the molecule is O=C(O)/C=C/c1ccsc1C(=O)N1CCCOCC1. The number of ether oxygens (including phenoxy) is 1. The van der Waals surface area contributed by atoms with Gasteiger partial charge in [-0.15, -0.1) is 11.3 Å². The Kier molecular flexibility index (Phi) is 4.70. The molecule has 1 aromatic rings. The van der Waals surface area contributed by atoms with E-state index in [0.29, 0.717) is 36.7 Å². The number of nitrogens with zero attached hydrogens (tertiary/aromatic N) is 1. The van der Waals surface area contributed by atoms with Crippen LogP contribution in [0.2, 0.25) is 0 Å². The van der Waals surface area contributed by atoms with Crippen molar-refractivity contribution in [3.8, 4) is 0 Å². The number of carbonyl (C=O) groups excluding carboxylic acids is 1. The summed E-state index contributed by atoms with van der Waals surface area (Å²) in [5, 5.41) is 10.4. The molecule has 1 aliphatic heterocycles. The first kappa shape index (κ1) is 13.8. The summed E-state index contributed by atoms with van der Waals surface area (Å²) in [6.07, 6.45) is 3.34. The van der Waals surface area contributed by atoms with Gasteiger partial charge in [0.15, 0.2) is 0 Å². The molecule has 5 nitrogen and oxygen atoms in total. The number of hydrogen-bond acceptors (Lipinski definition) is 4. The summed E-state index contributed by atoms with van der Waals surface area (Å²) in [5.41, 5.74) is 0.655. The van der Waals surface area contributed by atoms with Crippen LogP contribution in [0.4, 0.5) is 0 Å². The first-order valence-corrected chi connectivity index (χ1v) is 6.92. The highest BCUT2D eigenvalue weighted by Crippen LogP contribution is 2.21. The summed E-state index contributed by atoms with van der Waals surface area (Å²) >= 11 is 1.33. The third kappa shape index (κ3) is 3.65. The highest BCUT2D eigenvalue weighted by atomic mass is 32.1. The van der Waals surface area contributed by atoms with Gasteiger partial charge in [-0.25, -0.2) is 4.79 Å². The average molecular weight is 281 g/mol. The molecular formula is C13H15NO4S. The average Bonchev–Trinajstić information content (AvgIpc) is 2.68. The molecular weight excluding hydrogens is 266 g/mol. The van der Waals surface area contributed by atoms with Crippen molar-refractivity contribution in [1.29, 1.82) is 0 Å². The summed E-state index contributed by atoms with van der Waals surface area (Å²) in [5.74, 6) is -1.07. The van der Waals surface area contributed by atoms with Crippen molar-refractivity contribution in [3.63, 3.8) is 0 Å². The molecule has 0 bridgehead atoms. The van der Waals surface area contributed by atoms with Crippen LogP contribution in [0.1, 0.15) is 21.7 Å². The normalized spacial score (nSPS) is 16.5. The fourth-order valence-electron chi connectivity index (χ4n) is 1.88. The van der Waals surface area contributed by atoms with E-state index in [9.17, 15) is 9.59 Å². The van der Waals surface area contributed by atoms with E-state index >= 15 is 0 Å². The van der Waals surface area contributed by atoms with E-state index in [-0.39, 0.29) is 5.91 Å². The van der Waals surface area contributed by atoms with Gasteiger partial charge >= 0.3 is 5.97 Å². The number of carbonyl (C=O) groups is 2. The quantitative estimate of drug-likeness (QED) is 0.856. The van der Waals surface area contributed by atoms with E-state index in [2.05, 4.69) is 0 Å². The number of hydrogen-bond donors (Lipinski definition) is 1. The Hall–Kier alpha value is -1.66. The van der Waals surface area contributed by atoms with E-state index in [4.69, 9.17) is 9.84 Å². The van der Waals surface area contributed by atoms with Crippen molar-refractivity contribution in [1.82, 2.24) is 4.90 Å². The van der Waals surface area contributed by atoms with Gasteiger partial charge in [0, 0.05) is 25.8 Å². The molecule has 1 amide bonds. The van der Waals surface area contributed by atoms with Gasteiger partial charge in [-0.2, -0.15) is 0 Å². The molecule has 6 heteroatoms. The highest BCUT2D eigenvalue weighted by molar-refractivity contribution is 7.12. The first-order valence-electron chi connectivity index (χ1n) is 6.04. The second-order valence-electron chi connectivity index (χ2n) is 4.13. The lowest BCUT2D eigenvalue weighted by Crippen LogP contribution is -2.33. The predicted octanol–water partition coefficient (Wildman–Crippen LogP) is 1.71. The van der Waals surface area contributed by atoms with E-state index in [0.717, 1.165) is 12.5 Å². The van der Waals surface area contributed by atoms with Crippen LogP contribution >= 0.6 is 11.3 Å². The minimum Gasteiger partial charge on any atom is -0.478 e. The molecule has 19 heavy (non-hydrogen) atoms. The third-order valence-corrected chi connectivity index (χ3v) is 3.72. The van der Waals surface area contributed by atoms with E-state index in [1.807, 2.05) is 0 Å². The monoisotopic (exact) mass is 281 g/mol. The molecule has 2 heterocycles. The maximum absolute atomic E-state index is 12.4. The van der Waals surface area contributed by atoms with Gasteiger partial charge in [-0.05, 0) is 29.5 Å². The molecule has 0 atom stereocenters. The van der Waals surface area contributed by atoms with Crippen LogP contribution in [-0.4, -0.2) is 48.2 Å². The maximum Gasteiger partial charge on any atom is 0.328 e. The van der Waals surface area contributed by atoms with Crippen LogP contribution in [-0.2, 0) is 9.53 Å². The summed E-state index contributed by atoms with van der Waals surface area (Å²) in [7, 11) is 0. The summed E-state index contributed by atoms with van der Waals surface area (Å²) < 4.78 is 5.32. The zero-order chi connectivity index (χ0) is 13.7. The number of rotatable bonds is 3. The van der Waals surface area contributed by atoms with E-state index < -0.39 is 5.97 Å². The van der Waals surface area contributed by atoms with Crippen LogP contribution in [0.25, 0.3) is 6.08 Å². The summed E-state index contributed by atoms with van der Waals surface area (Å²) in [4.78, 5) is 25.2. The van der Waals surface area contributed by atoms with Crippen molar-refractivity contribution in [3.05, 3.63) is 28.0 Å². The minimum atomic E-state index is -1.02. The Bertz CT molecular complexity index is 487. The molecule has 2 rings (SSSR count). The largest absolute Gasteiger partial charge is 0.478 e. The van der Waals surface area contributed by atoms with E-state index in [1.165, 1.54) is 17.4 Å². The Morgan fingerprint density at radius 2 is 2.21 bits per heavy atom. The second-order valence-corrected chi connectivity index (χ2v) is 5.05. The van der Waals surface area contributed by atoms with Crippen molar-refractivity contribution in [2.75, 3.05) is 26.3 Å². The Morgan fingerprint density at radius 3 is 3.00 bits per heavy atom. The summed E-state index contributed by atoms with van der Waals surface area (Å²) in [6, 6.07) is 1.76. The molecule has 0 aliphatic carbocycles. The van der Waals surface area contributed by atoms with Gasteiger partial charge in [0.2, 0.25) is 0 Å². The van der Waals surface area contributed by atoms with Crippen molar-refractivity contribution in [2.45, 2.75) is 6.42 Å². The first-order chi connectivity index (χ1) is 9.18. The standard InChI is InChI=1S/C13H15NO4S/c15-11(16)3-2-10-4-9-19-12(10)13(17)14-5-1-7-18-8-6-14/h2-4,9H,1,5-8H2,(H,15,16)/b3-2+. The molecule has 0 spiro atoms. The van der Waals surface area contributed by atoms with Crippen molar-refractivity contribution >= 4 is 29.3 Å². The highest BCUT2D eigenvalue weighted by Gasteiger charge is 2.20. The van der Waals surface area contributed by atoms with Gasteiger partial charge < -0.3 is 14.7 Å².